The minimum absolute atomic E-state index is 0.0736. The van der Waals surface area contributed by atoms with E-state index in [2.05, 4.69) is 0 Å². The molecule has 1 aliphatic rings. The van der Waals surface area contributed by atoms with Crippen molar-refractivity contribution >= 4 is 6.09 Å². The number of β-amino-alcohol motifs (C(OH)–C–C–N with tert-alkyl or cyclic N) is 1. The number of cyclic esters (lactones) is 1. The van der Waals surface area contributed by atoms with Crippen LogP contribution in [0, 0.1) is 0 Å². The van der Waals surface area contributed by atoms with Gasteiger partial charge in [0.2, 0.25) is 0 Å². The highest BCUT2D eigenvalue weighted by Crippen LogP contribution is 2.32. The van der Waals surface area contributed by atoms with Gasteiger partial charge >= 0.3 is 12.3 Å². The van der Waals surface area contributed by atoms with Gasteiger partial charge in [0.05, 0.1) is 18.2 Å². The maximum atomic E-state index is 12.4. The summed E-state index contributed by atoms with van der Waals surface area (Å²) in [6, 6.07) is 4.12. The smallest absolute Gasteiger partial charge is 0.416 e. The van der Waals surface area contributed by atoms with Crippen molar-refractivity contribution < 1.29 is 27.8 Å². The molecular formula is C12H12F3NO3. The van der Waals surface area contributed by atoms with Crippen LogP contribution >= 0.6 is 0 Å². The maximum Gasteiger partial charge on any atom is 0.416 e. The molecule has 1 unspecified atom stereocenters. The summed E-state index contributed by atoms with van der Waals surface area (Å²) in [4.78, 5) is 12.7. The average Bonchev–Trinajstić information content (AvgIpc) is 2.71. The fraction of sp³-hybridized carbons (Fsp3) is 0.417. The highest BCUT2D eigenvalue weighted by atomic mass is 19.4. The van der Waals surface area contributed by atoms with Crippen molar-refractivity contribution in [2.75, 3.05) is 19.8 Å². The van der Waals surface area contributed by atoms with Crippen molar-refractivity contribution in [3.8, 4) is 0 Å². The second-order valence-electron chi connectivity index (χ2n) is 4.13. The number of aliphatic hydroxyl groups excluding tert-OH is 1. The number of nitrogens with zero attached hydrogens (tertiary/aromatic N) is 1. The van der Waals surface area contributed by atoms with Gasteiger partial charge in [0.15, 0.2) is 0 Å². The van der Waals surface area contributed by atoms with Crippen LogP contribution in [0.25, 0.3) is 0 Å². The van der Waals surface area contributed by atoms with E-state index in [9.17, 15) is 18.0 Å². The van der Waals surface area contributed by atoms with Crippen LogP contribution in [0.5, 0.6) is 0 Å². The average molecular weight is 275 g/mol. The van der Waals surface area contributed by atoms with Gasteiger partial charge < -0.3 is 9.84 Å². The molecule has 1 aromatic rings. The lowest BCUT2D eigenvalue weighted by Crippen LogP contribution is -2.30. The van der Waals surface area contributed by atoms with Crippen LogP contribution in [0.15, 0.2) is 24.3 Å². The zero-order valence-electron chi connectivity index (χ0n) is 9.85. The number of hydrogen-bond donors (Lipinski definition) is 1. The standard InChI is InChI=1S/C12H12F3NO3/c13-12(14,15)9-3-1-8(2-4-9)10-7-19-11(18)16(10)5-6-17/h1-4,10,17H,5-7H2. The summed E-state index contributed by atoms with van der Waals surface area (Å²) < 4.78 is 42.1. The number of rotatable bonds is 3. The van der Waals surface area contributed by atoms with Crippen LogP contribution in [0.3, 0.4) is 0 Å². The number of halogens is 3. The lowest BCUT2D eigenvalue weighted by atomic mass is 10.0. The third-order valence-electron chi connectivity index (χ3n) is 2.94. The van der Waals surface area contributed by atoms with Crippen molar-refractivity contribution in [1.82, 2.24) is 4.90 Å². The first-order chi connectivity index (χ1) is 8.93. The molecule has 1 N–H and O–H groups in total. The van der Waals surface area contributed by atoms with Crippen molar-refractivity contribution in [2.45, 2.75) is 12.2 Å². The molecule has 7 heteroatoms. The van der Waals surface area contributed by atoms with E-state index in [0.29, 0.717) is 5.56 Å². The van der Waals surface area contributed by atoms with Crippen LogP contribution in [0.1, 0.15) is 17.2 Å². The minimum Gasteiger partial charge on any atom is -0.447 e. The molecule has 1 heterocycles. The van der Waals surface area contributed by atoms with Gasteiger partial charge in [-0.05, 0) is 17.7 Å². The Bertz CT molecular complexity index is 458. The summed E-state index contributed by atoms with van der Waals surface area (Å²) in [5, 5.41) is 8.86. The van der Waals surface area contributed by atoms with E-state index in [1.165, 1.54) is 17.0 Å². The third kappa shape index (κ3) is 2.81. The highest BCUT2D eigenvalue weighted by Gasteiger charge is 2.35. The van der Waals surface area contributed by atoms with Crippen molar-refractivity contribution in [2.24, 2.45) is 0 Å². The Hall–Kier alpha value is -1.76. The van der Waals surface area contributed by atoms with Gasteiger partial charge in [0.25, 0.3) is 0 Å². The molecule has 0 saturated carbocycles. The van der Waals surface area contributed by atoms with Crippen molar-refractivity contribution in [3.63, 3.8) is 0 Å². The third-order valence-corrected chi connectivity index (χ3v) is 2.94. The molecule has 0 aliphatic carbocycles. The number of amides is 1. The van der Waals surface area contributed by atoms with E-state index >= 15 is 0 Å². The minimum atomic E-state index is -4.38. The Labute approximate surface area is 107 Å². The summed E-state index contributed by atoms with van der Waals surface area (Å²) in [5.74, 6) is 0. The van der Waals surface area contributed by atoms with Gasteiger partial charge in [0.1, 0.15) is 6.61 Å². The second-order valence-corrected chi connectivity index (χ2v) is 4.13. The second kappa shape index (κ2) is 5.08. The first-order valence-electron chi connectivity index (χ1n) is 5.65. The lowest BCUT2D eigenvalue weighted by molar-refractivity contribution is -0.137. The van der Waals surface area contributed by atoms with E-state index in [1.54, 1.807) is 0 Å². The van der Waals surface area contributed by atoms with E-state index < -0.39 is 23.9 Å². The van der Waals surface area contributed by atoms with E-state index in [4.69, 9.17) is 9.84 Å². The Morgan fingerprint density at radius 2 is 1.95 bits per heavy atom. The molecule has 19 heavy (non-hydrogen) atoms. The molecule has 1 aromatic carbocycles. The molecule has 0 radical (unpaired) electrons. The summed E-state index contributed by atoms with van der Waals surface area (Å²) >= 11 is 0. The van der Waals surface area contributed by atoms with Gasteiger partial charge in [0, 0.05) is 6.54 Å². The Morgan fingerprint density at radius 3 is 2.47 bits per heavy atom. The number of alkyl halides is 3. The predicted octanol–water partition coefficient (Wildman–Crippen LogP) is 2.19. The van der Waals surface area contributed by atoms with Crippen LogP contribution in [0.4, 0.5) is 18.0 Å². The highest BCUT2D eigenvalue weighted by molar-refractivity contribution is 5.70. The topological polar surface area (TPSA) is 49.8 Å². The summed E-state index contributed by atoms with van der Waals surface area (Å²) in [6.07, 6.45) is -4.95. The maximum absolute atomic E-state index is 12.4. The number of ether oxygens (including phenoxy) is 1. The fourth-order valence-corrected chi connectivity index (χ4v) is 1.98. The molecule has 0 aromatic heterocycles. The zero-order valence-corrected chi connectivity index (χ0v) is 9.85. The molecule has 2 rings (SSSR count). The van der Waals surface area contributed by atoms with E-state index in [1.807, 2.05) is 0 Å². The first-order valence-corrected chi connectivity index (χ1v) is 5.65. The lowest BCUT2D eigenvalue weighted by Gasteiger charge is -2.20. The van der Waals surface area contributed by atoms with Gasteiger partial charge in [-0.25, -0.2) is 4.79 Å². The monoisotopic (exact) mass is 275 g/mol. The molecule has 1 fully saturated rings. The van der Waals surface area contributed by atoms with Gasteiger partial charge in [-0.3, -0.25) is 4.90 Å². The predicted molar refractivity (Wildman–Crippen MR) is 59.3 cm³/mol. The number of carbonyl (C=O) groups is 1. The number of aliphatic hydroxyl groups is 1. The summed E-state index contributed by atoms with van der Waals surface area (Å²) in [7, 11) is 0. The first kappa shape index (κ1) is 13.7. The Morgan fingerprint density at radius 1 is 1.32 bits per heavy atom. The van der Waals surface area contributed by atoms with Crippen LogP contribution in [-0.2, 0) is 10.9 Å². The Kier molecular flexibility index (Phi) is 3.66. The van der Waals surface area contributed by atoms with Gasteiger partial charge in [-0.2, -0.15) is 13.2 Å². The van der Waals surface area contributed by atoms with E-state index in [-0.39, 0.29) is 19.8 Å². The number of carbonyl (C=O) groups excluding carboxylic acids is 1. The molecule has 1 aliphatic heterocycles. The molecule has 4 nitrogen and oxygen atoms in total. The molecule has 1 saturated heterocycles. The SMILES string of the molecule is O=C1OCC(c2ccc(C(F)(F)F)cc2)N1CCO. The summed E-state index contributed by atoms with van der Waals surface area (Å²) in [6.45, 7) is -0.0685. The molecular weight excluding hydrogens is 263 g/mol. The quantitative estimate of drug-likeness (QED) is 0.920. The molecule has 104 valence electrons. The number of benzene rings is 1. The van der Waals surface area contributed by atoms with Crippen LogP contribution in [-0.4, -0.2) is 35.9 Å². The molecule has 1 atom stereocenters. The van der Waals surface area contributed by atoms with Crippen LogP contribution in [0.2, 0.25) is 0 Å². The Balaban J connectivity index is 2.20. The van der Waals surface area contributed by atoms with Gasteiger partial charge in [-0.1, -0.05) is 12.1 Å². The fourth-order valence-electron chi connectivity index (χ4n) is 1.98. The van der Waals surface area contributed by atoms with E-state index in [0.717, 1.165) is 12.1 Å². The van der Waals surface area contributed by atoms with Crippen LogP contribution < -0.4 is 0 Å². The van der Waals surface area contributed by atoms with Crippen molar-refractivity contribution in [3.05, 3.63) is 35.4 Å². The number of hydrogen-bond acceptors (Lipinski definition) is 3. The van der Waals surface area contributed by atoms with Crippen molar-refractivity contribution in [1.29, 1.82) is 0 Å². The normalized spacial score (nSPS) is 19.7. The van der Waals surface area contributed by atoms with Gasteiger partial charge in [-0.15, -0.1) is 0 Å². The summed E-state index contributed by atoms with van der Waals surface area (Å²) in [5.41, 5.74) is -0.192. The largest absolute Gasteiger partial charge is 0.447 e. The molecule has 1 amide bonds. The molecule has 0 bridgehead atoms. The zero-order chi connectivity index (χ0) is 14.0. The molecule has 0 spiro atoms.